The zero-order valence-electron chi connectivity index (χ0n) is 7.20. The summed E-state index contributed by atoms with van der Waals surface area (Å²) in [7, 11) is 0. The Hall–Kier alpha value is -0.200. The standard InChI is InChI=1S/C7H13IN4/c1-2-3-4-5-6-12-7(8)9-10-11-12/h2-6H2,1H3. The second-order valence-corrected chi connectivity index (χ2v) is 3.70. The first kappa shape index (κ1) is 9.88. The Balaban J connectivity index is 2.20. The van der Waals surface area contributed by atoms with Gasteiger partial charge in [-0.3, -0.25) is 0 Å². The molecule has 0 radical (unpaired) electrons. The maximum atomic E-state index is 3.86. The van der Waals surface area contributed by atoms with Crippen LogP contribution in [0.25, 0.3) is 0 Å². The first-order chi connectivity index (χ1) is 5.84. The van der Waals surface area contributed by atoms with E-state index in [0.717, 1.165) is 10.4 Å². The van der Waals surface area contributed by atoms with Gasteiger partial charge in [-0.1, -0.05) is 26.2 Å². The average Bonchev–Trinajstić information content (AvgIpc) is 2.46. The summed E-state index contributed by atoms with van der Waals surface area (Å²) >= 11 is 2.14. The third kappa shape index (κ3) is 3.04. The van der Waals surface area contributed by atoms with Crippen molar-refractivity contribution < 1.29 is 0 Å². The number of rotatable bonds is 5. The summed E-state index contributed by atoms with van der Waals surface area (Å²) in [5, 5.41) is 11.2. The molecule has 1 heterocycles. The summed E-state index contributed by atoms with van der Waals surface area (Å²) in [5.74, 6) is 0. The van der Waals surface area contributed by atoms with Crippen molar-refractivity contribution in [2.45, 2.75) is 39.2 Å². The molecule has 0 saturated carbocycles. The molecule has 0 atom stereocenters. The number of aromatic nitrogens is 4. The van der Waals surface area contributed by atoms with Gasteiger partial charge in [0, 0.05) is 29.1 Å². The van der Waals surface area contributed by atoms with Crippen LogP contribution < -0.4 is 0 Å². The number of unbranched alkanes of at least 4 members (excludes halogenated alkanes) is 3. The van der Waals surface area contributed by atoms with E-state index in [2.05, 4.69) is 45.0 Å². The van der Waals surface area contributed by atoms with Gasteiger partial charge >= 0.3 is 0 Å². The van der Waals surface area contributed by atoms with Crippen LogP contribution in [0, 0.1) is 3.83 Å². The molecule has 1 aromatic heterocycles. The van der Waals surface area contributed by atoms with E-state index in [0.29, 0.717) is 0 Å². The van der Waals surface area contributed by atoms with Crippen molar-refractivity contribution in [2.75, 3.05) is 0 Å². The van der Waals surface area contributed by atoms with Crippen molar-refractivity contribution in [1.29, 1.82) is 0 Å². The van der Waals surface area contributed by atoms with Crippen molar-refractivity contribution in [1.82, 2.24) is 20.2 Å². The molecule has 0 aliphatic heterocycles. The lowest BCUT2D eigenvalue weighted by molar-refractivity contribution is 0.520. The number of hydrogen-bond acceptors (Lipinski definition) is 3. The summed E-state index contributed by atoms with van der Waals surface area (Å²) in [6.07, 6.45) is 5.02. The third-order valence-corrected chi connectivity index (χ3v) is 2.48. The summed E-state index contributed by atoms with van der Waals surface area (Å²) < 4.78 is 2.72. The van der Waals surface area contributed by atoms with E-state index in [1.165, 1.54) is 25.7 Å². The van der Waals surface area contributed by atoms with Crippen LogP contribution in [0.1, 0.15) is 32.6 Å². The van der Waals surface area contributed by atoms with Gasteiger partial charge < -0.3 is 0 Å². The molecule has 0 fully saturated rings. The Morgan fingerprint density at radius 2 is 2.17 bits per heavy atom. The molecular weight excluding hydrogens is 267 g/mol. The molecule has 4 nitrogen and oxygen atoms in total. The average molecular weight is 280 g/mol. The predicted molar refractivity (Wildman–Crippen MR) is 54.7 cm³/mol. The Kier molecular flexibility index (Phi) is 4.49. The van der Waals surface area contributed by atoms with Gasteiger partial charge in [0.05, 0.1) is 0 Å². The van der Waals surface area contributed by atoms with Crippen LogP contribution in [0.4, 0.5) is 0 Å². The van der Waals surface area contributed by atoms with E-state index in [9.17, 15) is 0 Å². The minimum absolute atomic E-state index is 0.879. The van der Waals surface area contributed by atoms with E-state index in [-0.39, 0.29) is 0 Å². The van der Waals surface area contributed by atoms with Gasteiger partial charge in [0.15, 0.2) is 0 Å². The Bertz CT molecular complexity index is 223. The Morgan fingerprint density at radius 3 is 2.75 bits per heavy atom. The normalized spacial score (nSPS) is 10.5. The monoisotopic (exact) mass is 280 g/mol. The molecule has 0 saturated heterocycles. The minimum Gasteiger partial charge on any atom is -0.221 e. The van der Waals surface area contributed by atoms with Crippen LogP contribution in [0.5, 0.6) is 0 Å². The molecule has 0 amide bonds. The van der Waals surface area contributed by atoms with Gasteiger partial charge in [-0.05, 0) is 16.8 Å². The number of tetrazole rings is 1. The third-order valence-electron chi connectivity index (χ3n) is 1.71. The molecule has 68 valence electrons. The first-order valence-corrected chi connectivity index (χ1v) is 5.34. The molecule has 0 aliphatic rings. The maximum Gasteiger partial charge on any atom is 0.212 e. The summed E-state index contributed by atoms with van der Waals surface area (Å²) in [6.45, 7) is 3.16. The highest BCUT2D eigenvalue weighted by Crippen LogP contribution is 2.03. The van der Waals surface area contributed by atoms with Gasteiger partial charge in [0.25, 0.3) is 0 Å². The zero-order valence-corrected chi connectivity index (χ0v) is 9.36. The van der Waals surface area contributed by atoms with Crippen molar-refractivity contribution in [2.24, 2.45) is 0 Å². The van der Waals surface area contributed by atoms with Crippen LogP contribution in [-0.2, 0) is 6.54 Å². The van der Waals surface area contributed by atoms with Gasteiger partial charge in [0.2, 0.25) is 3.83 Å². The molecule has 0 unspecified atom stereocenters. The van der Waals surface area contributed by atoms with E-state index in [1.54, 1.807) is 0 Å². The largest absolute Gasteiger partial charge is 0.221 e. The number of hydrogen-bond donors (Lipinski definition) is 0. The van der Waals surface area contributed by atoms with Gasteiger partial charge in [0.1, 0.15) is 0 Å². The molecule has 1 rings (SSSR count). The number of halogens is 1. The highest BCUT2D eigenvalue weighted by atomic mass is 127. The first-order valence-electron chi connectivity index (χ1n) is 4.26. The minimum atomic E-state index is 0.879. The molecule has 5 heteroatoms. The van der Waals surface area contributed by atoms with E-state index in [1.807, 2.05) is 4.68 Å². The molecule has 0 spiro atoms. The molecule has 0 bridgehead atoms. The highest BCUT2D eigenvalue weighted by Gasteiger charge is 1.99. The Labute approximate surface area is 85.9 Å². The maximum absolute atomic E-state index is 3.86. The van der Waals surface area contributed by atoms with Gasteiger partial charge in [-0.25, -0.2) is 4.68 Å². The smallest absolute Gasteiger partial charge is 0.212 e. The van der Waals surface area contributed by atoms with Crippen molar-refractivity contribution in [3.63, 3.8) is 0 Å². The summed E-state index contributed by atoms with van der Waals surface area (Å²) in [4.78, 5) is 0. The quantitative estimate of drug-likeness (QED) is 0.610. The number of aryl methyl sites for hydroxylation is 1. The van der Waals surface area contributed by atoms with Crippen LogP contribution in [0.15, 0.2) is 0 Å². The molecule has 0 aliphatic carbocycles. The second-order valence-electron chi connectivity index (χ2n) is 2.73. The van der Waals surface area contributed by atoms with Crippen molar-refractivity contribution in [3.8, 4) is 0 Å². The van der Waals surface area contributed by atoms with Crippen LogP contribution in [-0.4, -0.2) is 20.2 Å². The molecule has 1 aromatic rings. The molecule has 0 aromatic carbocycles. The van der Waals surface area contributed by atoms with Crippen LogP contribution >= 0.6 is 22.6 Å². The summed E-state index contributed by atoms with van der Waals surface area (Å²) in [5.41, 5.74) is 0. The lowest BCUT2D eigenvalue weighted by Crippen LogP contribution is -2.02. The molecule has 0 N–H and O–H groups in total. The zero-order chi connectivity index (χ0) is 8.81. The van der Waals surface area contributed by atoms with Crippen LogP contribution in [0.2, 0.25) is 0 Å². The highest BCUT2D eigenvalue weighted by molar-refractivity contribution is 14.1. The fourth-order valence-electron chi connectivity index (χ4n) is 1.02. The van der Waals surface area contributed by atoms with Crippen molar-refractivity contribution >= 4 is 22.6 Å². The number of nitrogens with zero attached hydrogens (tertiary/aromatic N) is 4. The van der Waals surface area contributed by atoms with Crippen LogP contribution in [0.3, 0.4) is 0 Å². The molecular formula is C7H13IN4. The predicted octanol–water partition coefficient (Wildman–Crippen LogP) is 1.86. The van der Waals surface area contributed by atoms with E-state index in [4.69, 9.17) is 0 Å². The lowest BCUT2D eigenvalue weighted by Gasteiger charge is -1.99. The topological polar surface area (TPSA) is 43.6 Å². The second kappa shape index (κ2) is 5.45. The Morgan fingerprint density at radius 1 is 1.33 bits per heavy atom. The summed E-state index contributed by atoms with van der Waals surface area (Å²) in [6, 6.07) is 0. The van der Waals surface area contributed by atoms with Crippen molar-refractivity contribution in [3.05, 3.63) is 3.83 Å². The fourth-order valence-corrected chi connectivity index (χ4v) is 1.45. The fraction of sp³-hybridized carbons (Fsp3) is 0.857. The van der Waals surface area contributed by atoms with E-state index >= 15 is 0 Å². The van der Waals surface area contributed by atoms with Gasteiger partial charge in [-0.15, -0.1) is 5.10 Å². The lowest BCUT2D eigenvalue weighted by atomic mass is 10.2. The SMILES string of the molecule is CCCCCCn1nnnc1I. The molecule has 12 heavy (non-hydrogen) atoms. The van der Waals surface area contributed by atoms with E-state index < -0.39 is 0 Å². The van der Waals surface area contributed by atoms with Gasteiger partial charge in [-0.2, -0.15) is 0 Å².